The molecule has 1 aromatic carbocycles. The van der Waals surface area contributed by atoms with Gasteiger partial charge in [-0.15, -0.1) is 10.2 Å². The topological polar surface area (TPSA) is 64.1 Å². The van der Waals surface area contributed by atoms with Crippen molar-refractivity contribution in [3.8, 4) is 16.3 Å². The highest BCUT2D eigenvalue weighted by molar-refractivity contribution is 7.18. The molecule has 0 aliphatic heterocycles. The predicted molar refractivity (Wildman–Crippen MR) is 75.4 cm³/mol. The highest BCUT2D eigenvalue weighted by atomic mass is 32.1. The molecular weight excluding hydrogens is 262 g/mol. The number of rotatable bonds is 5. The number of nitrogens with one attached hydrogen (secondary N) is 1. The molecule has 0 bridgehead atoms. The molecule has 2 aromatic rings. The van der Waals surface area contributed by atoms with E-state index in [1.54, 1.807) is 7.11 Å². The summed E-state index contributed by atoms with van der Waals surface area (Å²) in [5.41, 5.74) is 0.953. The molecule has 2 rings (SSSR count). The number of nitrogens with zero attached hydrogens (tertiary/aromatic N) is 2. The minimum atomic E-state index is -0.0278. The summed E-state index contributed by atoms with van der Waals surface area (Å²) in [6.45, 7) is 1.96. The Bertz CT molecular complexity index is 551. The van der Waals surface area contributed by atoms with E-state index in [9.17, 15) is 4.79 Å². The zero-order valence-electron chi connectivity index (χ0n) is 10.8. The first-order valence-corrected chi connectivity index (χ1v) is 6.82. The van der Waals surface area contributed by atoms with E-state index in [0.717, 1.165) is 22.7 Å². The zero-order chi connectivity index (χ0) is 13.7. The highest BCUT2D eigenvalue weighted by Gasteiger charge is 2.09. The molecule has 0 aliphatic rings. The number of methoxy groups -OCH3 is 1. The summed E-state index contributed by atoms with van der Waals surface area (Å²) in [7, 11) is 1.63. The third-order valence-electron chi connectivity index (χ3n) is 2.49. The lowest BCUT2D eigenvalue weighted by atomic mass is 10.2. The van der Waals surface area contributed by atoms with E-state index in [-0.39, 0.29) is 5.91 Å². The van der Waals surface area contributed by atoms with Gasteiger partial charge in [0.1, 0.15) is 10.8 Å². The molecule has 1 heterocycles. The van der Waals surface area contributed by atoms with E-state index < -0.39 is 0 Å². The third-order valence-corrected chi connectivity index (χ3v) is 3.37. The smallest absolute Gasteiger partial charge is 0.226 e. The second-order valence-corrected chi connectivity index (χ2v) is 4.92. The number of benzene rings is 1. The molecule has 6 heteroatoms. The zero-order valence-corrected chi connectivity index (χ0v) is 11.7. The average Bonchev–Trinajstić information content (AvgIpc) is 2.87. The fourth-order valence-corrected chi connectivity index (χ4v) is 2.30. The van der Waals surface area contributed by atoms with E-state index in [0.29, 0.717) is 11.6 Å². The number of hydrogen-bond donors (Lipinski definition) is 1. The van der Waals surface area contributed by atoms with Crippen molar-refractivity contribution in [1.82, 2.24) is 10.2 Å². The lowest BCUT2D eigenvalue weighted by Crippen LogP contribution is -2.10. The van der Waals surface area contributed by atoms with Gasteiger partial charge in [0.15, 0.2) is 0 Å². The third kappa shape index (κ3) is 3.51. The second-order valence-electron chi connectivity index (χ2n) is 3.94. The molecule has 1 amide bonds. The predicted octanol–water partition coefficient (Wildman–Crippen LogP) is 2.95. The minimum Gasteiger partial charge on any atom is -0.497 e. The van der Waals surface area contributed by atoms with Gasteiger partial charge in [0, 0.05) is 12.0 Å². The van der Waals surface area contributed by atoms with Crippen molar-refractivity contribution in [3.05, 3.63) is 24.3 Å². The van der Waals surface area contributed by atoms with Crippen molar-refractivity contribution in [1.29, 1.82) is 0 Å². The number of carbonyl (C=O) groups excluding carboxylic acids is 1. The van der Waals surface area contributed by atoms with Crippen LogP contribution in [0, 0.1) is 0 Å². The van der Waals surface area contributed by atoms with Crippen LogP contribution in [-0.4, -0.2) is 23.2 Å². The monoisotopic (exact) mass is 277 g/mol. The Kier molecular flexibility index (Phi) is 4.46. The Morgan fingerprint density at radius 1 is 1.32 bits per heavy atom. The maximum absolute atomic E-state index is 11.5. The van der Waals surface area contributed by atoms with Gasteiger partial charge in [0.25, 0.3) is 0 Å². The summed E-state index contributed by atoms with van der Waals surface area (Å²) in [5, 5.41) is 12.1. The summed E-state index contributed by atoms with van der Waals surface area (Å²) in [4.78, 5) is 11.5. The molecule has 0 fully saturated rings. The highest BCUT2D eigenvalue weighted by Crippen LogP contribution is 2.27. The van der Waals surface area contributed by atoms with Gasteiger partial charge < -0.3 is 10.1 Å². The lowest BCUT2D eigenvalue weighted by Gasteiger charge is -1.99. The molecule has 19 heavy (non-hydrogen) atoms. The maximum atomic E-state index is 11.5. The van der Waals surface area contributed by atoms with Crippen molar-refractivity contribution in [2.24, 2.45) is 0 Å². The van der Waals surface area contributed by atoms with E-state index in [2.05, 4.69) is 15.5 Å². The molecule has 0 atom stereocenters. The molecule has 0 saturated heterocycles. The van der Waals surface area contributed by atoms with E-state index >= 15 is 0 Å². The van der Waals surface area contributed by atoms with Gasteiger partial charge in [0.2, 0.25) is 11.0 Å². The van der Waals surface area contributed by atoms with Gasteiger partial charge >= 0.3 is 0 Å². The summed E-state index contributed by atoms with van der Waals surface area (Å²) in [6, 6.07) is 7.56. The largest absolute Gasteiger partial charge is 0.497 e. The first-order chi connectivity index (χ1) is 9.22. The number of ether oxygens (including phenoxy) is 1. The normalized spacial score (nSPS) is 10.2. The Morgan fingerprint density at radius 2 is 2.05 bits per heavy atom. The summed E-state index contributed by atoms with van der Waals surface area (Å²) in [5.74, 6) is 0.768. The standard InChI is InChI=1S/C13H15N3O2S/c1-3-4-11(17)14-13-16-15-12(19-13)9-5-7-10(18-2)8-6-9/h5-8H,3-4H2,1-2H3,(H,14,16,17). The van der Waals surface area contributed by atoms with E-state index in [4.69, 9.17) is 4.74 Å². The Morgan fingerprint density at radius 3 is 2.68 bits per heavy atom. The number of amides is 1. The van der Waals surface area contributed by atoms with Crippen LogP contribution in [0.3, 0.4) is 0 Å². The van der Waals surface area contributed by atoms with Gasteiger partial charge in [0.05, 0.1) is 7.11 Å². The van der Waals surface area contributed by atoms with Gasteiger partial charge in [-0.3, -0.25) is 4.79 Å². The summed E-state index contributed by atoms with van der Waals surface area (Å²) >= 11 is 1.36. The van der Waals surface area contributed by atoms with Crippen molar-refractivity contribution >= 4 is 22.4 Å². The lowest BCUT2D eigenvalue weighted by molar-refractivity contribution is -0.116. The van der Waals surface area contributed by atoms with Crippen molar-refractivity contribution in [3.63, 3.8) is 0 Å². The summed E-state index contributed by atoms with van der Waals surface area (Å²) in [6.07, 6.45) is 1.31. The molecule has 0 spiro atoms. The first-order valence-electron chi connectivity index (χ1n) is 6.00. The fourth-order valence-electron chi connectivity index (χ4n) is 1.53. The van der Waals surface area contributed by atoms with E-state index in [1.165, 1.54) is 11.3 Å². The Hall–Kier alpha value is -1.95. The molecule has 1 aromatic heterocycles. The molecule has 100 valence electrons. The van der Waals surface area contributed by atoms with Crippen LogP contribution >= 0.6 is 11.3 Å². The fraction of sp³-hybridized carbons (Fsp3) is 0.308. The molecule has 5 nitrogen and oxygen atoms in total. The van der Waals surface area contributed by atoms with Crippen molar-refractivity contribution < 1.29 is 9.53 Å². The second kappa shape index (κ2) is 6.29. The SMILES string of the molecule is CCCC(=O)Nc1nnc(-c2ccc(OC)cc2)s1. The summed E-state index contributed by atoms with van der Waals surface area (Å²) < 4.78 is 5.10. The van der Waals surface area contributed by atoms with Gasteiger partial charge in [-0.25, -0.2) is 0 Å². The molecular formula is C13H15N3O2S. The molecule has 1 N–H and O–H groups in total. The maximum Gasteiger partial charge on any atom is 0.226 e. The average molecular weight is 277 g/mol. The van der Waals surface area contributed by atoms with Crippen LogP contribution in [0.5, 0.6) is 5.75 Å². The van der Waals surface area contributed by atoms with Gasteiger partial charge in [-0.1, -0.05) is 18.3 Å². The number of carbonyl (C=O) groups is 1. The van der Waals surface area contributed by atoms with E-state index in [1.807, 2.05) is 31.2 Å². The van der Waals surface area contributed by atoms with Crippen LogP contribution in [-0.2, 0) is 4.79 Å². The van der Waals surface area contributed by atoms with Crippen LogP contribution in [0.1, 0.15) is 19.8 Å². The number of hydrogen-bond acceptors (Lipinski definition) is 5. The molecule has 0 radical (unpaired) electrons. The van der Waals surface area contributed by atoms with Crippen LogP contribution in [0.2, 0.25) is 0 Å². The molecule has 0 aliphatic carbocycles. The molecule has 0 unspecified atom stereocenters. The van der Waals surface area contributed by atoms with Crippen molar-refractivity contribution in [2.75, 3.05) is 12.4 Å². The van der Waals surface area contributed by atoms with Gasteiger partial charge in [-0.05, 0) is 30.7 Å². The number of anilines is 1. The minimum absolute atomic E-state index is 0.0278. The van der Waals surface area contributed by atoms with Crippen LogP contribution in [0.15, 0.2) is 24.3 Å². The molecule has 0 saturated carbocycles. The first kappa shape index (κ1) is 13.5. The number of aromatic nitrogens is 2. The van der Waals surface area contributed by atoms with Crippen molar-refractivity contribution in [2.45, 2.75) is 19.8 Å². The Labute approximate surface area is 115 Å². The van der Waals surface area contributed by atoms with Crippen LogP contribution < -0.4 is 10.1 Å². The van der Waals surface area contributed by atoms with Gasteiger partial charge in [-0.2, -0.15) is 0 Å². The Balaban J connectivity index is 2.09. The van der Waals surface area contributed by atoms with Crippen LogP contribution in [0.4, 0.5) is 5.13 Å². The quantitative estimate of drug-likeness (QED) is 0.912. The van der Waals surface area contributed by atoms with Crippen LogP contribution in [0.25, 0.3) is 10.6 Å².